The quantitative estimate of drug-likeness (QED) is 0.706. The first-order chi connectivity index (χ1) is 7.23. The first kappa shape index (κ1) is 12.9. The van der Waals surface area contributed by atoms with Gasteiger partial charge in [-0.3, -0.25) is 4.98 Å². The molecule has 1 nitrogen and oxygen atoms in total. The number of halogens is 4. The summed E-state index contributed by atoms with van der Waals surface area (Å²) in [4.78, 5) is 3.57. The second-order valence-corrected chi connectivity index (χ2v) is 4.12. The maximum Gasteiger partial charge on any atom is 0.417 e. The van der Waals surface area contributed by atoms with E-state index in [1.54, 1.807) is 6.92 Å². The summed E-state index contributed by atoms with van der Waals surface area (Å²) in [5, 5.41) is 0. The van der Waals surface area contributed by atoms with Crippen LogP contribution in [0.2, 0.25) is 0 Å². The summed E-state index contributed by atoms with van der Waals surface area (Å²) in [6.45, 7) is 5.47. The number of hydrogen-bond donors (Lipinski definition) is 0. The Hall–Kier alpha value is -1.13. The van der Waals surface area contributed by atoms with Crippen LogP contribution in [-0.4, -0.2) is 4.98 Å². The van der Waals surface area contributed by atoms with E-state index in [1.165, 1.54) is 0 Å². The number of pyridine rings is 1. The number of hydrogen-bond acceptors (Lipinski definition) is 1. The van der Waals surface area contributed by atoms with E-state index in [2.05, 4.69) is 4.98 Å². The largest absolute Gasteiger partial charge is 0.417 e. The van der Waals surface area contributed by atoms with Crippen molar-refractivity contribution >= 4 is 0 Å². The summed E-state index contributed by atoms with van der Waals surface area (Å²) < 4.78 is 50.2. The van der Waals surface area contributed by atoms with E-state index in [4.69, 9.17) is 0 Å². The highest BCUT2D eigenvalue weighted by atomic mass is 19.4. The van der Waals surface area contributed by atoms with Gasteiger partial charge in [0.05, 0.1) is 11.3 Å². The van der Waals surface area contributed by atoms with E-state index in [1.807, 2.05) is 13.8 Å². The van der Waals surface area contributed by atoms with E-state index >= 15 is 0 Å². The molecule has 0 aliphatic heterocycles. The van der Waals surface area contributed by atoms with E-state index < -0.39 is 17.6 Å². The predicted octanol–water partition coefficient (Wildman–Crippen LogP) is 4.00. The third-order valence-corrected chi connectivity index (χ3v) is 2.63. The molecule has 1 atom stereocenters. The first-order valence-electron chi connectivity index (χ1n) is 4.96. The molecule has 0 N–H and O–H groups in total. The van der Waals surface area contributed by atoms with Gasteiger partial charge in [0.15, 0.2) is 0 Å². The smallest absolute Gasteiger partial charge is 0.257 e. The molecule has 0 bridgehead atoms. The van der Waals surface area contributed by atoms with Crippen molar-refractivity contribution in [1.82, 2.24) is 4.98 Å². The minimum absolute atomic E-state index is 0.0861. The Morgan fingerprint density at radius 3 is 2.12 bits per heavy atom. The lowest BCUT2D eigenvalue weighted by Gasteiger charge is -2.16. The average molecular weight is 235 g/mol. The number of alkyl halides is 3. The molecule has 1 aromatic heterocycles. The zero-order valence-electron chi connectivity index (χ0n) is 9.27. The van der Waals surface area contributed by atoms with Gasteiger partial charge in [-0.1, -0.05) is 20.8 Å². The summed E-state index contributed by atoms with van der Waals surface area (Å²) in [7, 11) is 0. The highest BCUT2D eigenvalue weighted by molar-refractivity contribution is 5.21. The lowest BCUT2D eigenvalue weighted by molar-refractivity contribution is -0.138. The van der Waals surface area contributed by atoms with Gasteiger partial charge in [0.2, 0.25) is 0 Å². The normalized spacial score (nSPS) is 14.2. The van der Waals surface area contributed by atoms with Crippen LogP contribution in [0, 0.1) is 11.7 Å². The molecule has 90 valence electrons. The zero-order chi connectivity index (χ0) is 12.5. The van der Waals surface area contributed by atoms with Crippen molar-refractivity contribution in [3.8, 4) is 0 Å². The van der Waals surface area contributed by atoms with Gasteiger partial charge in [-0.25, -0.2) is 4.39 Å². The van der Waals surface area contributed by atoms with Crippen LogP contribution >= 0.6 is 0 Å². The Morgan fingerprint density at radius 1 is 1.19 bits per heavy atom. The molecule has 1 unspecified atom stereocenters. The molecule has 1 heterocycles. The third-order valence-electron chi connectivity index (χ3n) is 2.63. The Labute approximate surface area is 91.5 Å². The zero-order valence-corrected chi connectivity index (χ0v) is 9.27. The Kier molecular flexibility index (Phi) is 3.55. The molecule has 0 radical (unpaired) electrons. The summed E-state index contributed by atoms with van der Waals surface area (Å²) >= 11 is 0. The van der Waals surface area contributed by atoms with Crippen molar-refractivity contribution in [3.05, 3.63) is 29.3 Å². The SMILES string of the molecule is CC(C)C(C)c1ncc(C(F)(F)F)cc1F. The third kappa shape index (κ3) is 2.71. The van der Waals surface area contributed by atoms with Crippen molar-refractivity contribution in [3.63, 3.8) is 0 Å². The maximum absolute atomic E-state index is 13.4. The molecular formula is C11H13F4N. The summed E-state index contributed by atoms with van der Waals surface area (Å²) in [6.07, 6.45) is -3.87. The van der Waals surface area contributed by atoms with Crippen LogP contribution in [0.5, 0.6) is 0 Å². The van der Waals surface area contributed by atoms with Crippen LogP contribution in [0.1, 0.15) is 37.9 Å². The summed E-state index contributed by atoms with van der Waals surface area (Å²) in [6, 6.07) is 0.501. The highest BCUT2D eigenvalue weighted by Gasteiger charge is 2.32. The molecule has 0 spiro atoms. The molecule has 0 amide bonds. The van der Waals surface area contributed by atoms with Crippen LogP contribution in [0.25, 0.3) is 0 Å². The fourth-order valence-corrected chi connectivity index (χ4v) is 1.25. The van der Waals surface area contributed by atoms with Gasteiger partial charge in [-0.2, -0.15) is 13.2 Å². The van der Waals surface area contributed by atoms with E-state index in [9.17, 15) is 17.6 Å². The second-order valence-electron chi connectivity index (χ2n) is 4.12. The lowest BCUT2D eigenvalue weighted by Crippen LogP contribution is -2.11. The minimum atomic E-state index is -4.55. The Morgan fingerprint density at radius 2 is 1.75 bits per heavy atom. The molecule has 0 saturated heterocycles. The number of nitrogens with zero attached hydrogens (tertiary/aromatic N) is 1. The molecule has 0 aliphatic carbocycles. The van der Waals surface area contributed by atoms with Gasteiger partial charge < -0.3 is 0 Å². The van der Waals surface area contributed by atoms with E-state index in [0.717, 1.165) is 0 Å². The van der Waals surface area contributed by atoms with Gasteiger partial charge in [0.25, 0.3) is 0 Å². The Bertz CT molecular complexity index is 371. The maximum atomic E-state index is 13.4. The molecule has 1 rings (SSSR count). The van der Waals surface area contributed by atoms with Crippen LogP contribution in [0.3, 0.4) is 0 Å². The van der Waals surface area contributed by atoms with Crippen molar-refractivity contribution in [2.75, 3.05) is 0 Å². The molecule has 0 aromatic carbocycles. The number of aromatic nitrogens is 1. The van der Waals surface area contributed by atoms with Crippen LogP contribution in [-0.2, 0) is 6.18 Å². The van der Waals surface area contributed by atoms with Crippen molar-refractivity contribution < 1.29 is 17.6 Å². The van der Waals surface area contributed by atoms with Gasteiger partial charge in [0.1, 0.15) is 5.82 Å². The molecule has 16 heavy (non-hydrogen) atoms. The monoisotopic (exact) mass is 235 g/mol. The fourth-order valence-electron chi connectivity index (χ4n) is 1.25. The topological polar surface area (TPSA) is 12.9 Å². The van der Waals surface area contributed by atoms with Crippen molar-refractivity contribution in [1.29, 1.82) is 0 Å². The Balaban J connectivity index is 3.10. The van der Waals surface area contributed by atoms with Gasteiger partial charge in [-0.05, 0) is 12.0 Å². The van der Waals surface area contributed by atoms with Gasteiger partial charge in [0, 0.05) is 12.1 Å². The molecule has 0 aliphatic rings. The van der Waals surface area contributed by atoms with E-state index in [0.29, 0.717) is 12.3 Å². The fraction of sp³-hybridized carbons (Fsp3) is 0.545. The van der Waals surface area contributed by atoms with Crippen LogP contribution in [0.4, 0.5) is 17.6 Å². The van der Waals surface area contributed by atoms with Gasteiger partial charge >= 0.3 is 6.18 Å². The second kappa shape index (κ2) is 4.39. The van der Waals surface area contributed by atoms with Crippen molar-refractivity contribution in [2.24, 2.45) is 5.92 Å². The lowest BCUT2D eigenvalue weighted by atomic mass is 9.93. The average Bonchev–Trinajstić information content (AvgIpc) is 2.15. The highest BCUT2D eigenvalue weighted by Crippen LogP contribution is 2.31. The summed E-state index contributed by atoms with van der Waals surface area (Å²) in [5.41, 5.74) is -0.965. The van der Waals surface area contributed by atoms with E-state index in [-0.39, 0.29) is 17.5 Å². The van der Waals surface area contributed by atoms with Crippen LogP contribution in [0.15, 0.2) is 12.3 Å². The van der Waals surface area contributed by atoms with Gasteiger partial charge in [-0.15, -0.1) is 0 Å². The molecule has 0 saturated carbocycles. The van der Waals surface area contributed by atoms with Crippen LogP contribution < -0.4 is 0 Å². The molecule has 1 aromatic rings. The molecular weight excluding hydrogens is 222 g/mol. The molecule has 5 heteroatoms. The first-order valence-corrected chi connectivity index (χ1v) is 4.96. The number of rotatable bonds is 2. The predicted molar refractivity (Wildman–Crippen MR) is 52.5 cm³/mol. The minimum Gasteiger partial charge on any atom is -0.257 e. The van der Waals surface area contributed by atoms with Crippen molar-refractivity contribution in [2.45, 2.75) is 32.9 Å². The molecule has 0 fully saturated rings. The standard InChI is InChI=1S/C11H13F4N/c1-6(2)7(3)10-9(12)4-8(5-16-10)11(13,14)15/h4-7H,1-3H3. The summed E-state index contributed by atoms with van der Waals surface area (Å²) in [5.74, 6) is -0.975.